The SMILES string of the molecule is N#CC1(c2ccccc2)C/C(=C/c2ccc([N+](=O)[O-])cc2)C(=O)/C(=C/c2ccc([N+](=O)[O-])cc2)C1. The number of nitrogens with zero attached hydrogens (tertiary/aromatic N) is 3. The second kappa shape index (κ2) is 9.53. The van der Waals surface area contributed by atoms with Gasteiger partial charge in [-0.3, -0.25) is 25.0 Å². The third kappa shape index (κ3) is 4.89. The third-order valence-electron chi connectivity index (χ3n) is 6.00. The molecule has 0 heterocycles. The van der Waals surface area contributed by atoms with Crippen LogP contribution in [0.2, 0.25) is 0 Å². The lowest BCUT2D eigenvalue weighted by Crippen LogP contribution is -2.33. The van der Waals surface area contributed by atoms with Crippen molar-refractivity contribution < 1.29 is 14.6 Å². The van der Waals surface area contributed by atoms with Crippen LogP contribution in [0.4, 0.5) is 11.4 Å². The van der Waals surface area contributed by atoms with E-state index in [1.54, 1.807) is 36.4 Å². The molecule has 35 heavy (non-hydrogen) atoms. The molecule has 0 aliphatic heterocycles. The zero-order valence-corrected chi connectivity index (χ0v) is 18.5. The number of carbonyl (C=O) groups is 1. The summed E-state index contributed by atoms with van der Waals surface area (Å²) in [6, 6.07) is 23.3. The molecule has 1 unspecified atom stereocenters. The average molecular weight is 465 g/mol. The molecule has 1 aliphatic carbocycles. The molecule has 1 atom stereocenters. The minimum atomic E-state index is -0.992. The van der Waals surface area contributed by atoms with Crippen molar-refractivity contribution in [2.75, 3.05) is 0 Å². The van der Waals surface area contributed by atoms with E-state index >= 15 is 0 Å². The van der Waals surface area contributed by atoms with Crippen LogP contribution in [-0.4, -0.2) is 15.6 Å². The number of rotatable bonds is 5. The first-order valence-corrected chi connectivity index (χ1v) is 10.7. The van der Waals surface area contributed by atoms with Crippen LogP contribution < -0.4 is 0 Å². The molecule has 0 radical (unpaired) electrons. The summed E-state index contributed by atoms with van der Waals surface area (Å²) >= 11 is 0. The van der Waals surface area contributed by atoms with E-state index < -0.39 is 15.3 Å². The van der Waals surface area contributed by atoms with Gasteiger partial charge in [0.2, 0.25) is 0 Å². The van der Waals surface area contributed by atoms with Crippen LogP contribution >= 0.6 is 0 Å². The van der Waals surface area contributed by atoms with E-state index in [0.29, 0.717) is 22.3 Å². The highest BCUT2D eigenvalue weighted by molar-refractivity contribution is 6.14. The number of non-ortho nitro benzene ring substituents is 2. The molecule has 1 fully saturated rings. The van der Waals surface area contributed by atoms with Gasteiger partial charge in [0.05, 0.1) is 21.3 Å². The van der Waals surface area contributed by atoms with Crippen molar-refractivity contribution in [1.29, 1.82) is 5.26 Å². The molecule has 0 spiro atoms. The fraction of sp³-hybridized carbons (Fsp3) is 0.111. The first kappa shape index (κ1) is 23.3. The van der Waals surface area contributed by atoms with Gasteiger partial charge in [-0.2, -0.15) is 5.26 Å². The van der Waals surface area contributed by atoms with Gasteiger partial charge in [-0.15, -0.1) is 0 Å². The molecule has 1 saturated carbocycles. The number of nitro benzene ring substituents is 2. The smallest absolute Gasteiger partial charge is 0.269 e. The van der Waals surface area contributed by atoms with Crippen molar-refractivity contribution in [2.45, 2.75) is 18.3 Å². The minimum Gasteiger partial charge on any atom is -0.289 e. The Bertz CT molecular complexity index is 1320. The average Bonchev–Trinajstić information content (AvgIpc) is 2.87. The first-order chi connectivity index (χ1) is 16.8. The number of nitriles is 1. The molecule has 3 aromatic carbocycles. The summed E-state index contributed by atoms with van der Waals surface area (Å²) in [7, 11) is 0. The molecular formula is C27H19N3O5. The Kier molecular flexibility index (Phi) is 6.34. The molecule has 4 rings (SSSR count). The normalized spacial score (nSPS) is 19.9. The maximum absolute atomic E-state index is 13.5. The van der Waals surface area contributed by atoms with Crippen LogP contribution in [0.25, 0.3) is 12.2 Å². The summed E-state index contributed by atoms with van der Waals surface area (Å²) in [4.78, 5) is 34.4. The highest BCUT2D eigenvalue weighted by Gasteiger charge is 2.41. The van der Waals surface area contributed by atoms with Gasteiger partial charge >= 0.3 is 0 Å². The molecule has 3 aromatic rings. The molecule has 172 valence electrons. The Morgan fingerprint density at radius 1 is 0.743 bits per heavy atom. The summed E-state index contributed by atoms with van der Waals surface area (Å²) in [5, 5.41) is 32.2. The Morgan fingerprint density at radius 2 is 1.17 bits per heavy atom. The number of carbonyl (C=O) groups excluding carboxylic acids is 1. The summed E-state index contributed by atoms with van der Waals surface area (Å²) in [6.07, 6.45) is 3.68. The summed E-state index contributed by atoms with van der Waals surface area (Å²) in [6.45, 7) is 0. The fourth-order valence-electron chi connectivity index (χ4n) is 4.20. The Hall–Kier alpha value is -4.90. The number of nitro groups is 2. The number of allylic oxidation sites excluding steroid dienone is 2. The topological polar surface area (TPSA) is 127 Å². The number of benzene rings is 3. The number of hydrogen-bond donors (Lipinski definition) is 0. The lowest BCUT2D eigenvalue weighted by atomic mass is 9.66. The Morgan fingerprint density at radius 3 is 1.54 bits per heavy atom. The van der Waals surface area contributed by atoms with E-state index in [1.807, 2.05) is 30.3 Å². The van der Waals surface area contributed by atoms with Crippen molar-refractivity contribution >= 4 is 29.3 Å². The van der Waals surface area contributed by atoms with E-state index in [0.717, 1.165) is 5.56 Å². The van der Waals surface area contributed by atoms with Gasteiger partial charge in [0.1, 0.15) is 0 Å². The van der Waals surface area contributed by atoms with Gasteiger partial charge in [0.15, 0.2) is 5.78 Å². The lowest BCUT2D eigenvalue weighted by molar-refractivity contribution is -0.385. The van der Waals surface area contributed by atoms with E-state index in [2.05, 4.69) is 6.07 Å². The van der Waals surface area contributed by atoms with Crippen LogP contribution in [0.5, 0.6) is 0 Å². The lowest BCUT2D eigenvalue weighted by Gasteiger charge is -2.33. The minimum absolute atomic E-state index is 0.0588. The van der Waals surface area contributed by atoms with Gasteiger partial charge in [-0.25, -0.2) is 0 Å². The summed E-state index contributed by atoms with van der Waals surface area (Å²) in [5.41, 5.74) is 1.69. The van der Waals surface area contributed by atoms with Gasteiger partial charge in [-0.1, -0.05) is 30.3 Å². The first-order valence-electron chi connectivity index (χ1n) is 10.7. The van der Waals surface area contributed by atoms with Crippen molar-refractivity contribution in [3.05, 3.63) is 127 Å². The molecule has 0 N–H and O–H groups in total. The monoisotopic (exact) mass is 465 g/mol. The molecule has 0 aromatic heterocycles. The van der Waals surface area contributed by atoms with Gasteiger partial charge in [-0.05, 0) is 65.9 Å². The van der Waals surface area contributed by atoms with Crippen molar-refractivity contribution in [1.82, 2.24) is 0 Å². The van der Waals surface area contributed by atoms with Crippen LogP contribution in [0, 0.1) is 31.6 Å². The van der Waals surface area contributed by atoms with E-state index in [4.69, 9.17) is 0 Å². The van der Waals surface area contributed by atoms with Gasteiger partial charge in [0, 0.05) is 35.4 Å². The Balaban J connectivity index is 1.80. The second-order valence-corrected chi connectivity index (χ2v) is 8.28. The highest BCUT2D eigenvalue weighted by atomic mass is 16.6. The van der Waals surface area contributed by atoms with Crippen molar-refractivity contribution in [3.63, 3.8) is 0 Å². The number of hydrogen-bond acceptors (Lipinski definition) is 6. The quantitative estimate of drug-likeness (QED) is 0.266. The number of Topliss-reactive ketones (excluding diaryl/α,β-unsaturated/α-hetero) is 1. The Labute approximate surface area is 200 Å². The zero-order valence-electron chi connectivity index (χ0n) is 18.5. The zero-order chi connectivity index (χ0) is 25.0. The molecule has 8 heteroatoms. The van der Waals surface area contributed by atoms with E-state index in [9.17, 15) is 30.3 Å². The molecule has 0 bridgehead atoms. The van der Waals surface area contributed by atoms with Gasteiger partial charge < -0.3 is 0 Å². The van der Waals surface area contributed by atoms with Crippen molar-refractivity contribution in [2.24, 2.45) is 0 Å². The predicted octanol–water partition coefficient (Wildman–Crippen LogP) is 5.79. The van der Waals surface area contributed by atoms with Crippen LogP contribution in [0.15, 0.2) is 90.0 Å². The molecule has 1 aliphatic rings. The molecule has 0 amide bonds. The standard InChI is InChI=1S/C27H19N3O5/c28-18-27(23-4-2-1-3-5-23)16-21(14-19-6-10-24(11-7-19)29(32)33)26(31)22(17-27)15-20-8-12-25(13-9-20)30(34)35/h1-15H,16-17H2/b21-14-,22-15+. The van der Waals surface area contributed by atoms with Crippen molar-refractivity contribution in [3.8, 4) is 6.07 Å². The van der Waals surface area contributed by atoms with Gasteiger partial charge in [0.25, 0.3) is 11.4 Å². The largest absolute Gasteiger partial charge is 0.289 e. The van der Waals surface area contributed by atoms with Crippen LogP contribution in [0.3, 0.4) is 0 Å². The van der Waals surface area contributed by atoms with E-state index in [-0.39, 0.29) is 30.0 Å². The summed E-state index contributed by atoms with van der Waals surface area (Å²) < 4.78 is 0. The third-order valence-corrected chi connectivity index (χ3v) is 6.00. The van der Waals surface area contributed by atoms with E-state index in [1.165, 1.54) is 24.3 Å². The fourth-order valence-corrected chi connectivity index (χ4v) is 4.20. The molecular weight excluding hydrogens is 446 g/mol. The second-order valence-electron chi connectivity index (χ2n) is 8.28. The highest BCUT2D eigenvalue weighted by Crippen LogP contribution is 2.43. The van der Waals surface area contributed by atoms with Crippen LogP contribution in [-0.2, 0) is 10.2 Å². The predicted molar refractivity (Wildman–Crippen MR) is 130 cm³/mol. The maximum Gasteiger partial charge on any atom is 0.269 e. The summed E-state index contributed by atoms with van der Waals surface area (Å²) in [5.74, 6) is -0.233. The number of ketones is 1. The maximum atomic E-state index is 13.5. The molecule has 8 nitrogen and oxygen atoms in total. The molecule has 0 saturated heterocycles. The van der Waals surface area contributed by atoms with Crippen LogP contribution in [0.1, 0.15) is 29.5 Å².